The van der Waals surface area contributed by atoms with E-state index in [1.807, 2.05) is 21.6 Å². The van der Waals surface area contributed by atoms with Crippen LogP contribution in [0.5, 0.6) is 0 Å². The van der Waals surface area contributed by atoms with E-state index in [1.54, 1.807) is 0 Å². The summed E-state index contributed by atoms with van der Waals surface area (Å²) in [6, 6.07) is 0. The molecule has 2 rings (SSSR count). The molecule has 7 heteroatoms. The van der Waals surface area contributed by atoms with E-state index in [2.05, 4.69) is 0 Å². The van der Waals surface area contributed by atoms with Crippen molar-refractivity contribution in [3.05, 3.63) is 0 Å². The fourth-order valence-electron chi connectivity index (χ4n) is 1.18. The standard InChI is InChI=1S/C5H8S4.2ClH.Hg/c6-9-3-5(4-9)1-7-8-2-5;;;/h1-4H2;2*1H;/q;;;+2/p-2. The molecule has 0 aliphatic carbocycles. The number of rotatable bonds is 0. The van der Waals surface area contributed by atoms with Crippen LogP contribution in [0, 0.1) is 5.41 Å². The Bertz CT molecular complexity index is 161. The summed E-state index contributed by atoms with van der Waals surface area (Å²) in [5.74, 6) is 5.44. The van der Waals surface area contributed by atoms with E-state index in [1.165, 1.54) is 23.0 Å². The Morgan fingerprint density at radius 1 is 1.25 bits per heavy atom. The van der Waals surface area contributed by atoms with Crippen molar-refractivity contribution in [1.29, 1.82) is 0 Å². The quantitative estimate of drug-likeness (QED) is 0.397. The second kappa shape index (κ2) is 6.39. The van der Waals surface area contributed by atoms with E-state index in [4.69, 9.17) is 27.7 Å². The van der Waals surface area contributed by atoms with Gasteiger partial charge in [-0.1, -0.05) is 32.8 Å². The molecule has 2 fully saturated rings. The van der Waals surface area contributed by atoms with Crippen molar-refractivity contribution in [2.45, 2.75) is 0 Å². The molecule has 1 spiro atoms. The van der Waals surface area contributed by atoms with Crippen molar-refractivity contribution < 1.29 is 22.1 Å². The van der Waals surface area contributed by atoms with Gasteiger partial charge in [-0.05, 0) is 0 Å². The van der Waals surface area contributed by atoms with Crippen molar-refractivity contribution in [1.82, 2.24) is 0 Å². The van der Waals surface area contributed by atoms with E-state index in [9.17, 15) is 0 Å². The third-order valence-electron chi connectivity index (χ3n) is 1.75. The molecule has 0 unspecified atom stereocenters. The van der Waals surface area contributed by atoms with Crippen molar-refractivity contribution in [3.8, 4) is 0 Å². The van der Waals surface area contributed by atoms with E-state index in [-0.39, 0.29) is 0 Å². The molecular weight excluding hydrogens is 460 g/mol. The van der Waals surface area contributed by atoms with Crippen LogP contribution in [0.4, 0.5) is 0 Å². The van der Waals surface area contributed by atoms with Crippen LogP contribution >= 0.6 is 38.1 Å². The fraction of sp³-hybridized carbons (Fsp3) is 1.00. The molecule has 2 aliphatic rings. The predicted octanol–water partition coefficient (Wildman–Crippen LogP) is 2.84. The van der Waals surface area contributed by atoms with Crippen LogP contribution in [0.15, 0.2) is 0 Å². The van der Waals surface area contributed by atoms with Crippen LogP contribution < -0.4 is 0 Å². The number of hydrogen-bond acceptors (Lipinski definition) is 3. The van der Waals surface area contributed by atoms with Gasteiger partial charge >= 0.3 is 38.6 Å². The summed E-state index contributed by atoms with van der Waals surface area (Å²) in [5.41, 5.74) is 0.722. The zero-order valence-electron chi connectivity index (χ0n) is 6.42. The monoisotopic (exact) mass is 468 g/mol. The third kappa shape index (κ3) is 3.74. The minimum absolute atomic E-state index is 0.386. The van der Waals surface area contributed by atoms with Gasteiger partial charge in [0.05, 0.1) is 0 Å². The SMILES string of the molecule is S=S1CC2(CSSC2)C1.[Cl][Hg][Cl]. The molecule has 0 nitrogen and oxygen atoms in total. The fourth-order valence-corrected chi connectivity index (χ4v) is 8.30. The number of hydrogen-bond donors (Lipinski definition) is 0. The Kier molecular flexibility index (Phi) is 6.84. The van der Waals surface area contributed by atoms with E-state index in [0.717, 1.165) is 5.41 Å². The minimum atomic E-state index is -1.14. The molecule has 68 valence electrons. The van der Waals surface area contributed by atoms with Crippen molar-refractivity contribution in [2.75, 3.05) is 23.0 Å². The summed E-state index contributed by atoms with van der Waals surface area (Å²) in [7, 11) is 14.4. The normalized spacial score (nSPS) is 25.5. The maximum absolute atomic E-state index is 5.19. The Balaban J connectivity index is 0.000000213. The predicted molar refractivity (Wildman–Crippen MR) is 63.5 cm³/mol. The van der Waals surface area contributed by atoms with Crippen LogP contribution in [0.1, 0.15) is 0 Å². The van der Waals surface area contributed by atoms with Crippen molar-refractivity contribution in [2.24, 2.45) is 5.41 Å². The molecule has 2 heterocycles. The van der Waals surface area contributed by atoms with E-state index >= 15 is 0 Å². The van der Waals surface area contributed by atoms with E-state index < -0.39 is 22.1 Å². The summed E-state index contributed by atoms with van der Waals surface area (Å²) < 4.78 is 0. The zero-order valence-corrected chi connectivity index (χ0v) is 16.7. The molecule has 0 radical (unpaired) electrons. The van der Waals surface area contributed by atoms with Crippen molar-refractivity contribution in [3.63, 3.8) is 0 Å². The summed E-state index contributed by atoms with van der Waals surface area (Å²) in [6.45, 7) is 0. The van der Waals surface area contributed by atoms with Gasteiger partial charge in [0.15, 0.2) is 0 Å². The summed E-state index contributed by atoms with van der Waals surface area (Å²) >= 11 is 4.05. The summed E-state index contributed by atoms with van der Waals surface area (Å²) in [5, 5.41) is 0. The Labute approximate surface area is 108 Å². The molecule has 2 aliphatic heterocycles. The molecule has 0 aromatic carbocycles. The average molecular weight is 468 g/mol. The van der Waals surface area contributed by atoms with Crippen LogP contribution in [-0.4, -0.2) is 23.0 Å². The third-order valence-corrected chi connectivity index (χ3v) is 7.16. The van der Waals surface area contributed by atoms with Gasteiger partial charge in [0.25, 0.3) is 0 Å². The number of halogens is 2. The summed E-state index contributed by atoms with van der Waals surface area (Å²) in [4.78, 5) is 0. The maximum atomic E-state index is 5.19. The van der Waals surface area contributed by atoms with Gasteiger partial charge in [-0.2, -0.15) is 0 Å². The second-order valence-corrected chi connectivity index (χ2v) is 16.1. The second-order valence-electron chi connectivity index (χ2n) is 2.85. The van der Waals surface area contributed by atoms with Crippen LogP contribution in [0.2, 0.25) is 0 Å². The first kappa shape index (κ1) is 12.9. The Morgan fingerprint density at radius 3 is 2.00 bits per heavy atom. The van der Waals surface area contributed by atoms with Crippen LogP contribution in [0.25, 0.3) is 0 Å². The molecule has 0 N–H and O–H groups in total. The zero-order chi connectivity index (χ0) is 9.03. The molecule has 12 heavy (non-hydrogen) atoms. The molecule has 0 bridgehead atoms. The first-order chi connectivity index (χ1) is 5.72. The van der Waals surface area contributed by atoms with Gasteiger partial charge < -0.3 is 0 Å². The first-order valence-corrected chi connectivity index (χ1v) is 21.9. The average Bonchev–Trinajstić information content (AvgIpc) is 2.37. The van der Waals surface area contributed by atoms with Gasteiger partial charge in [-0.15, -0.1) is 9.45 Å². The Hall–Kier alpha value is 2.79. The molecule has 0 amide bonds. The van der Waals surface area contributed by atoms with Gasteiger partial charge in [0, 0.05) is 28.4 Å². The molecule has 0 atom stereocenters. The van der Waals surface area contributed by atoms with Gasteiger partial charge in [-0.3, -0.25) is 0 Å². The molecule has 0 saturated carbocycles. The van der Waals surface area contributed by atoms with E-state index in [0.29, 0.717) is 9.45 Å². The molecular formula is C5H8Cl2HgS4. The van der Waals surface area contributed by atoms with Gasteiger partial charge in [-0.25, -0.2) is 0 Å². The van der Waals surface area contributed by atoms with Crippen LogP contribution in [0.3, 0.4) is 0 Å². The van der Waals surface area contributed by atoms with Gasteiger partial charge in [0.1, 0.15) is 0 Å². The summed E-state index contributed by atoms with van der Waals surface area (Å²) in [6.07, 6.45) is 0. The van der Waals surface area contributed by atoms with Crippen LogP contribution in [-0.2, 0) is 42.7 Å². The molecule has 0 aromatic heterocycles. The first-order valence-electron chi connectivity index (χ1n) is 3.44. The molecule has 0 aromatic rings. The molecule has 2 saturated heterocycles. The topological polar surface area (TPSA) is 0 Å². The Morgan fingerprint density at radius 2 is 1.67 bits per heavy atom. The van der Waals surface area contributed by atoms with Crippen molar-refractivity contribution >= 4 is 58.7 Å². The van der Waals surface area contributed by atoms with Gasteiger partial charge in [0.2, 0.25) is 0 Å².